The van der Waals surface area contributed by atoms with E-state index in [4.69, 9.17) is 11.6 Å². The number of hydrogen-bond donors (Lipinski definition) is 2. The van der Waals surface area contributed by atoms with Crippen LogP contribution in [0.1, 0.15) is 13.8 Å². The van der Waals surface area contributed by atoms with Gasteiger partial charge in [0, 0.05) is 22.3 Å². The summed E-state index contributed by atoms with van der Waals surface area (Å²) in [7, 11) is -3.46. The molecule has 2 rings (SSSR count). The molecular formula is C13H17ClN2O2S2. The van der Waals surface area contributed by atoms with Crippen LogP contribution in [0, 0.1) is 0 Å². The normalized spacial score (nSPS) is 13.8. The number of hydrogen-bond acceptors (Lipinski definition) is 4. The van der Waals surface area contributed by atoms with Gasteiger partial charge >= 0.3 is 0 Å². The molecule has 2 N–H and O–H groups in total. The molecule has 0 spiro atoms. The van der Waals surface area contributed by atoms with Crippen molar-refractivity contribution in [2.45, 2.75) is 24.1 Å². The maximum Gasteiger partial charge on any atom is 0.250 e. The molecular weight excluding hydrogens is 316 g/mol. The van der Waals surface area contributed by atoms with Gasteiger partial charge in [0.2, 0.25) is 10.0 Å². The van der Waals surface area contributed by atoms with Crippen molar-refractivity contribution >= 4 is 43.0 Å². The first-order valence-electron chi connectivity index (χ1n) is 6.34. The van der Waals surface area contributed by atoms with Crippen molar-refractivity contribution in [2.75, 3.05) is 13.1 Å². The van der Waals surface area contributed by atoms with Gasteiger partial charge in [-0.05, 0) is 43.1 Å². The summed E-state index contributed by atoms with van der Waals surface area (Å²) in [6, 6.07) is 7.12. The zero-order valence-corrected chi connectivity index (χ0v) is 13.7. The lowest BCUT2D eigenvalue weighted by atomic mass is 10.3. The number of nitrogens with one attached hydrogen (secondary N) is 2. The molecule has 1 aromatic heterocycles. The molecule has 0 saturated heterocycles. The third-order valence-corrected chi connectivity index (χ3v) is 6.10. The van der Waals surface area contributed by atoms with Crippen LogP contribution in [0.5, 0.6) is 0 Å². The summed E-state index contributed by atoms with van der Waals surface area (Å²) in [6.07, 6.45) is 0. The minimum absolute atomic E-state index is 0.0959. The summed E-state index contributed by atoms with van der Waals surface area (Å²) in [5.41, 5.74) is 0. The van der Waals surface area contributed by atoms with E-state index in [0.717, 1.165) is 16.6 Å². The monoisotopic (exact) mass is 332 g/mol. The van der Waals surface area contributed by atoms with Crippen LogP contribution in [-0.4, -0.2) is 27.5 Å². The Balaban J connectivity index is 2.19. The van der Waals surface area contributed by atoms with E-state index in [1.807, 2.05) is 19.9 Å². The van der Waals surface area contributed by atoms with Gasteiger partial charge in [-0.3, -0.25) is 0 Å². The predicted octanol–water partition coefficient (Wildman–Crippen LogP) is 2.83. The highest BCUT2D eigenvalue weighted by Crippen LogP contribution is 2.30. The Morgan fingerprint density at radius 3 is 2.80 bits per heavy atom. The van der Waals surface area contributed by atoms with Gasteiger partial charge in [0.1, 0.15) is 4.21 Å². The number of fused-ring (bicyclic) bond motifs is 1. The minimum atomic E-state index is -3.46. The molecule has 4 nitrogen and oxygen atoms in total. The Morgan fingerprint density at radius 2 is 2.10 bits per heavy atom. The molecule has 1 aromatic carbocycles. The van der Waals surface area contributed by atoms with Crippen molar-refractivity contribution in [1.82, 2.24) is 10.0 Å². The van der Waals surface area contributed by atoms with Crippen molar-refractivity contribution in [3.8, 4) is 0 Å². The van der Waals surface area contributed by atoms with Gasteiger partial charge in [-0.25, -0.2) is 13.1 Å². The Morgan fingerprint density at radius 1 is 1.35 bits per heavy atom. The molecule has 0 unspecified atom stereocenters. The Kier molecular flexibility index (Phi) is 5.04. The smallest absolute Gasteiger partial charge is 0.250 e. The number of halogens is 1. The highest BCUT2D eigenvalue weighted by Gasteiger charge is 2.18. The third-order valence-electron chi connectivity index (χ3n) is 2.85. The first-order chi connectivity index (χ1) is 9.42. The van der Waals surface area contributed by atoms with Crippen LogP contribution in [0.2, 0.25) is 5.02 Å². The third kappa shape index (κ3) is 3.71. The molecule has 1 atom stereocenters. The van der Waals surface area contributed by atoms with E-state index in [0.29, 0.717) is 15.8 Å². The van der Waals surface area contributed by atoms with E-state index >= 15 is 0 Å². The molecule has 0 radical (unpaired) electrons. The Labute approximate surface area is 128 Å². The molecule has 0 bridgehead atoms. The van der Waals surface area contributed by atoms with Crippen LogP contribution < -0.4 is 10.0 Å². The minimum Gasteiger partial charge on any atom is -0.313 e. The molecule has 0 fully saturated rings. The molecule has 0 aliphatic heterocycles. The number of benzene rings is 1. The molecule has 0 aliphatic carbocycles. The van der Waals surface area contributed by atoms with Gasteiger partial charge < -0.3 is 5.32 Å². The maximum atomic E-state index is 12.2. The summed E-state index contributed by atoms with van der Waals surface area (Å²) < 4.78 is 28.3. The number of sulfonamides is 1. The number of thiophene rings is 1. The van der Waals surface area contributed by atoms with Crippen molar-refractivity contribution in [1.29, 1.82) is 0 Å². The van der Waals surface area contributed by atoms with Crippen LogP contribution in [0.4, 0.5) is 0 Å². The lowest BCUT2D eigenvalue weighted by molar-refractivity contribution is 0.537. The van der Waals surface area contributed by atoms with Crippen LogP contribution in [0.25, 0.3) is 10.1 Å². The molecule has 0 saturated carbocycles. The van der Waals surface area contributed by atoms with Crippen molar-refractivity contribution in [3.05, 3.63) is 29.3 Å². The summed E-state index contributed by atoms with van der Waals surface area (Å²) in [4.78, 5) is 0. The highest BCUT2D eigenvalue weighted by molar-refractivity contribution is 7.91. The number of likely N-dealkylation sites (N-methyl/N-ethyl adjacent to an activating group) is 1. The molecule has 0 aliphatic rings. The van der Waals surface area contributed by atoms with Gasteiger partial charge in [-0.2, -0.15) is 0 Å². The SMILES string of the molecule is CCN[C@H](C)CNS(=O)(=O)c1cc2cc(Cl)ccc2s1. The fourth-order valence-corrected chi connectivity index (χ4v) is 4.58. The molecule has 7 heteroatoms. The van der Waals surface area contributed by atoms with Gasteiger partial charge in [0.05, 0.1) is 0 Å². The summed E-state index contributed by atoms with van der Waals surface area (Å²) in [5.74, 6) is 0. The van der Waals surface area contributed by atoms with E-state index < -0.39 is 10.0 Å². The summed E-state index contributed by atoms with van der Waals surface area (Å²) >= 11 is 7.16. The van der Waals surface area contributed by atoms with Crippen LogP contribution in [0.3, 0.4) is 0 Å². The van der Waals surface area contributed by atoms with E-state index in [1.165, 1.54) is 11.3 Å². The standard InChI is InChI=1S/C13H17ClN2O2S2/c1-3-15-9(2)8-16-20(17,18)13-7-10-6-11(14)4-5-12(10)19-13/h4-7,9,15-16H,3,8H2,1-2H3/t9-/m1/s1. The lowest BCUT2D eigenvalue weighted by Crippen LogP contribution is -2.38. The Hall–Kier alpha value is -0.660. The molecule has 0 amide bonds. The van der Waals surface area contributed by atoms with Crippen LogP contribution in [0.15, 0.2) is 28.5 Å². The van der Waals surface area contributed by atoms with E-state index in [1.54, 1.807) is 18.2 Å². The molecule has 1 heterocycles. The van der Waals surface area contributed by atoms with Crippen molar-refractivity contribution < 1.29 is 8.42 Å². The van der Waals surface area contributed by atoms with Gasteiger partial charge in [0.15, 0.2) is 0 Å². The summed E-state index contributed by atoms with van der Waals surface area (Å²) in [5, 5.41) is 4.62. The second-order valence-electron chi connectivity index (χ2n) is 4.56. The molecule has 110 valence electrons. The topological polar surface area (TPSA) is 58.2 Å². The van der Waals surface area contributed by atoms with Crippen molar-refractivity contribution in [3.63, 3.8) is 0 Å². The van der Waals surface area contributed by atoms with E-state index in [-0.39, 0.29) is 6.04 Å². The van der Waals surface area contributed by atoms with Gasteiger partial charge in [0.25, 0.3) is 0 Å². The summed E-state index contributed by atoms with van der Waals surface area (Å²) in [6.45, 7) is 5.10. The zero-order valence-electron chi connectivity index (χ0n) is 11.3. The van der Waals surface area contributed by atoms with Crippen LogP contribution in [-0.2, 0) is 10.0 Å². The number of rotatable bonds is 6. The lowest BCUT2D eigenvalue weighted by Gasteiger charge is -2.12. The maximum absolute atomic E-state index is 12.2. The average molecular weight is 333 g/mol. The van der Waals surface area contributed by atoms with Crippen molar-refractivity contribution in [2.24, 2.45) is 0 Å². The largest absolute Gasteiger partial charge is 0.313 e. The second-order valence-corrected chi connectivity index (χ2v) is 8.07. The molecule has 2 aromatic rings. The predicted molar refractivity (Wildman–Crippen MR) is 85.2 cm³/mol. The van der Waals surface area contributed by atoms with Gasteiger partial charge in [-0.15, -0.1) is 11.3 Å². The van der Waals surface area contributed by atoms with Crippen LogP contribution >= 0.6 is 22.9 Å². The Bertz CT molecular complexity index is 697. The average Bonchev–Trinajstić information content (AvgIpc) is 2.80. The van der Waals surface area contributed by atoms with E-state index in [2.05, 4.69) is 10.0 Å². The van der Waals surface area contributed by atoms with E-state index in [9.17, 15) is 8.42 Å². The zero-order chi connectivity index (χ0) is 14.8. The first-order valence-corrected chi connectivity index (χ1v) is 9.02. The van der Waals surface area contributed by atoms with Gasteiger partial charge in [-0.1, -0.05) is 18.5 Å². The second kappa shape index (κ2) is 6.41. The quantitative estimate of drug-likeness (QED) is 0.855. The fraction of sp³-hybridized carbons (Fsp3) is 0.385. The molecule has 20 heavy (non-hydrogen) atoms. The highest BCUT2D eigenvalue weighted by atomic mass is 35.5. The fourth-order valence-electron chi connectivity index (χ4n) is 1.85. The first kappa shape index (κ1) is 15.7.